The molecule has 2 aliphatic rings. The second kappa shape index (κ2) is 4.53. The summed E-state index contributed by atoms with van der Waals surface area (Å²) in [5, 5.41) is 9.99. The third-order valence-electron chi connectivity index (χ3n) is 2.82. The van der Waals surface area contributed by atoms with Crippen molar-refractivity contribution in [3.63, 3.8) is 0 Å². The highest BCUT2D eigenvalue weighted by Gasteiger charge is 2.53. The Kier molecular flexibility index (Phi) is 3.40. The fourth-order valence-electron chi connectivity index (χ4n) is 2.12. The van der Waals surface area contributed by atoms with Crippen LogP contribution in [-0.4, -0.2) is 48.1 Å². The molecular formula is C11H18O6. The van der Waals surface area contributed by atoms with E-state index in [9.17, 15) is 9.90 Å². The van der Waals surface area contributed by atoms with Gasteiger partial charge in [0, 0.05) is 13.3 Å². The molecule has 2 saturated heterocycles. The van der Waals surface area contributed by atoms with E-state index in [1.165, 1.54) is 6.92 Å². The molecule has 2 rings (SSSR count). The van der Waals surface area contributed by atoms with Gasteiger partial charge in [-0.1, -0.05) is 0 Å². The van der Waals surface area contributed by atoms with E-state index in [0.29, 0.717) is 6.42 Å². The third-order valence-corrected chi connectivity index (χ3v) is 2.82. The topological polar surface area (TPSA) is 74.2 Å². The van der Waals surface area contributed by atoms with E-state index in [4.69, 9.17) is 18.9 Å². The Labute approximate surface area is 99.8 Å². The lowest BCUT2D eigenvalue weighted by atomic mass is 10.1. The van der Waals surface area contributed by atoms with Gasteiger partial charge in [-0.15, -0.1) is 0 Å². The Morgan fingerprint density at radius 2 is 2.12 bits per heavy atom. The summed E-state index contributed by atoms with van der Waals surface area (Å²) in [5.74, 6) is -1.07. The van der Waals surface area contributed by atoms with Gasteiger partial charge in [-0.2, -0.15) is 0 Å². The minimum atomic E-state index is -0.752. The second-order valence-electron chi connectivity index (χ2n) is 4.76. The number of aliphatic hydroxyl groups is 1. The second-order valence-corrected chi connectivity index (χ2v) is 4.76. The molecule has 0 aromatic heterocycles. The molecule has 0 saturated carbocycles. The summed E-state index contributed by atoms with van der Waals surface area (Å²) in [6.45, 7) is 5.11. The van der Waals surface area contributed by atoms with Crippen molar-refractivity contribution in [2.24, 2.45) is 0 Å². The molecule has 6 heteroatoms. The summed E-state index contributed by atoms with van der Waals surface area (Å²) in [7, 11) is 0. The molecule has 2 heterocycles. The number of hydrogen-bond acceptors (Lipinski definition) is 6. The third kappa shape index (κ3) is 2.77. The van der Waals surface area contributed by atoms with Crippen molar-refractivity contribution in [1.82, 2.24) is 0 Å². The molecule has 0 aliphatic carbocycles. The first-order valence-electron chi connectivity index (χ1n) is 5.71. The van der Waals surface area contributed by atoms with Crippen LogP contribution in [0, 0.1) is 0 Å². The van der Waals surface area contributed by atoms with Gasteiger partial charge >= 0.3 is 5.97 Å². The zero-order chi connectivity index (χ0) is 12.6. The van der Waals surface area contributed by atoms with Gasteiger partial charge in [0.25, 0.3) is 0 Å². The summed E-state index contributed by atoms with van der Waals surface area (Å²) in [6, 6.07) is 0. The van der Waals surface area contributed by atoms with E-state index in [0.717, 1.165) is 0 Å². The summed E-state index contributed by atoms with van der Waals surface area (Å²) in [5.41, 5.74) is 0. The van der Waals surface area contributed by atoms with Gasteiger partial charge in [0.1, 0.15) is 12.2 Å². The van der Waals surface area contributed by atoms with Crippen LogP contribution in [0.4, 0.5) is 0 Å². The average Bonchev–Trinajstić information content (AvgIpc) is 2.62. The highest BCUT2D eigenvalue weighted by molar-refractivity contribution is 5.65. The van der Waals surface area contributed by atoms with E-state index in [-0.39, 0.29) is 12.6 Å². The Hall–Kier alpha value is -0.690. The molecule has 0 bridgehead atoms. The molecule has 6 nitrogen and oxygen atoms in total. The summed E-state index contributed by atoms with van der Waals surface area (Å²) >= 11 is 0. The number of esters is 1. The van der Waals surface area contributed by atoms with E-state index in [1.54, 1.807) is 13.8 Å². The molecule has 0 aromatic rings. The lowest BCUT2D eigenvalue weighted by molar-refractivity contribution is -0.216. The van der Waals surface area contributed by atoms with Gasteiger partial charge in [-0.3, -0.25) is 4.79 Å². The fraction of sp³-hybridized carbons (Fsp3) is 0.909. The monoisotopic (exact) mass is 246 g/mol. The molecule has 98 valence electrons. The Balaban J connectivity index is 1.83. The summed E-state index contributed by atoms with van der Waals surface area (Å²) < 4.78 is 21.4. The van der Waals surface area contributed by atoms with Crippen molar-refractivity contribution in [3.8, 4) is 0 Å². The van der Waals surface area contributed by atoms with Crippen molar-refractivity contribution >= 4 is 5.97 Å². The van der Waals surface area contributed by atoms with E-state index in [1.807, 2.05) is 0 Å². The van der Waals surface area contributed by atoms with Gasteiger partial charge < -0.3 is 24.1 Å². The number of ether oxygens (including phenoxy) is 4. The standard InChI is InChI=1S/C11H18O6/c1-6(12)14-5-4-7-8(13)9-10(15-7)17-11(2,3)16-9/h7-10,13H,4-5H2,1-3H3. The van der Waals surface area contributed by atoms with Crippen LogP contribution in [0.2, 0.25) is 0 Å². The maximum absolute atomic E-state index is 10.6. The van der Waals surface area contributed by atoms with Crippen LogP contribution >= 0.6 is 0 Å². The summed E-state index contributed by atoms with van der Waals surface area (Å²) in [4.78, 5) is 10.6. The normalized spacial score (nSPS) is 39.1. The number of carbonyl (C=O) groups excluding carboxylic acids is 1. The van der Waals surface area contributed by atoms with Crippen molar-refractivity contribution in [1.29, 1.82) is 0 Å². The molecule has 0 spiro atoms. The van der Waals surface area contributed by atoms with E-state index in [2.05, 4.69) is 0 Å². The maximum atomic E-state index is 10.6. The first-order chi connectivity index (χ1) is 7.89. The molecule has 4 unspecified atom stereocenters. The lowest BCUT2D eigenvalue weighted by Crippen LogP contribution is -2.35. The first-order valence-corrected chi connectivity index (χ1v) is 5.71. The van der Waals surface area contributed by atoms with Gasteiger partial charge in [0.05, 0.1) is 12.7 Å². The Morgan fingerprint density at radius 1 is 1.41 bits per heavy atom. The van der Waals surface area contributed by atoms with Crippen LogP contribution in [0.3, 0.4) is 0 Å². The van der Waals surface area contributed by atoms with Crippen LogP contribution in [0.5, 0.6) is 0 Å². The minimum Gasteiger partial charge on any atom is -0.466 e. The van der Waals surface area contributed by atoms with E-state index >= 15 is 0 Å². The van der Waals surface area contributed by atoms with Gasteiger partial charge in [-0.25, -0.2) is 0 Å². The summed E-state index contributed by atoms with van der Waals surface area (Å²) in [6.07, 6.45) is -1.74. The predicted molar refractivity (Wildman–Crippen MR) is 56.0 cm³/mol. The Morgan fingerprint density at radius 3 is 2.71 bits per heavy atom. The quantitative estimate of drug-likeness (QED) is 0.716. The zero-order valence-electron chi connectivity index (χ0n) is 10.2. The molecule has 2 fully saturated rings. The molecule has 4 atom stereocenters. The number of aliphatic hydroxyl groups excluding tert-OH is 1. The Bertz CT molecular complexity index is 302. The first kappa shape index (κ1) is 12.8. The van der Waals surface area contributed by atoms with E-state index < -0.39 is 30.4 Å². The van der Waals surface area contributed by atoms with Crippen LogP contribution in [0.1, 0.15) is 27.2 Å². The fourth-order valence-corrected chi connectivity index (χ4v) is 2.12. The predicted octanol–water partition coefficient (Wildman–Crippen LogP) is 0.177. The largest absolute Gasteiger partial charge is 0.466 e. The molecular weight excluding hydrogens is 228 g/mol. The van der Waals surface area contributed by atoms with Crippen molar-refractivity contribution < 1.29 is 28.8 Å². The number of hydrogen-bond donors (Lipinski definition) is 1. The maximum Gasteiger partial charge on any atom is 0.302 e. The molecule has 17 heavy (non-hydrogen) atoms. The molecule has 0 amide bonds. The van der Waals surface area contributed by atoms with Crippen LogP contribution < -0.4 is 0 Å². The van der Waals surface area contributed by atoms with Crippen molar-refractivity contribution in [3.05, 3.63) is 0 Å². The van der Waals surface area contributed by atoms with Crippen LogP contribution in [0.15, 0.2) is 0 Å². The zero-order valence-corrected chi connectivity index (χ0v) is 10.2. The number of carbonyl (C=O) groups is 1. The smallest absolute Gasteiger partial charge is 0.302 e. The lowest BCUT2D eigenvalue weighted by Gasteiger charge is -2.22. The van der Waals surface area contributed by atoms with Crippen LogP contribution in [-0.2, 0) is 23.7 Å². The van der Waals surface area contributed by atoms with Crippen molar-refractivity contribution in [2.45, 2.75) is 57.6 Å². The minimum absolute atomic E-state index is 0.222. The van der Waals surface area contributed by atoms with Gasteiger partial charge in [-0.05, 0) is 13.8 Å². The SMILES string of the molecule is CC(=O)OCCC1OC2OC(C)(C)OC2C1O. The van der Waals surface area contributed by atoms with Gasteiger partial charge in [0.15, 0.2) is 12.1 Å². The molecule has 0 radical (unpaired) electrons. The molecule has 1 N–H and O–H groups in total. The van der Waals surface area contributed by atoms with Gasteiger partial charge in [0.2, 0.25) is 0 Å². The van der Waals surface area contributed by atoms with Crippen LogP contribution in [0.25, 0.3) is 0 Å². The highest BCUT2D eigenvalue weighted by Crippen LogP contribution is 2.38. The molecule has 2 aliphatic heterocycles. The number of rotatable bonds is 3. The average molecular weight is 246 g/mol. The molecule has 0 aromatic carbocycles. The van der Waals surface area contributed by atoms with Crippen molar-refractivity contribution in [2.75, 3.05) is 6.61 Å². The highest BCUT2D eigenvalue weighted by atomic mass is 16.8. The number of fused-ring (bicyclic) bond motifs is 1.